The first-order valence-electron chi connectivity index (χ1n) is 7.20. The molecule has 6 nitrogen and oxygen atoms in total. The lowest BCUT2D eigenvalue weighted by molar-refractivity contribution is -0.132. The van der Waals surface area contributed by atoms with Gasteiger partial charge in [-0.1, -0.05) is 46.2 Å². The van der Waals surface area contributed by atoms with E-state index >= 15 is 0 Å². The van der Waals surface area contributed by atoms with E-state index in [1.807, 2.05) is 34.6 Å². The van der Waals surface area contributed by atoms with Gasteiger partial charge in [-0.3, -0.25) is 9.59 Å². The Bertz CT molecular complexity index is 503. The smallest absolute Gasteiger partial charge is 0.248 e. The third-order valence-corrected chi connectivity index (χ3v) is 3.34. The predicted octanol–water partition coefficient (Wildman–Crippen LogP) is 2.50. The molecule has 0 saturated heterocycles. The second-order valence-electron chi connectivity index (χ2n) is 6.40. The van der Waals surface area contributed by atoms with Gasteiger partial charge in [0.05, 0.1) is 0 Å². The predicted molar refractivity (Wildman–Crippen MR) is 80.7 cm³/mol. The summed E-state index contributed by atoms with van der Waals surface area (Å²) in [5, 5.41) is 9.23. The molecule has 2 amide bonds. The molecular weight excluding hydrogens is 270 g/mol. The lowest BCUT2D eigenvalue weighted by Gasteiger charge is -2.27. The molecule has 0 bridgehead atoms. The lowest BCUT2D eigenvalue weighted by atomic mass is 9.92. The lowest BCUT2D eigenvalue weighted by Crippen LogP contribution is -2.50. The molecule has 0 saturated carbocycles. The van der Waals surface area contributed by atoms with Gasteiger partial charge >= 0.3 is 0 Å². The molecule has 2 atom stereocenters. The maximum absolute atomic E-state index is 12.4. The molecule has 1 rings (SSSR count). The van der Waals surface area contributed by atoms with Crippen LogP contribution in [0.25, 0.3) is 0 Å². The number of anilines is 1. The number of aromatic nitrogens is 1. The maximum atomic E-state index is 12.4. The summed E-state index contributed by atoms with van der Waals surface area (Å²) in [5.41, 5.74) is -0.545. The van der Waals surface area contributed by atoms with Crippen molar-refractivity contribution in [2.75, 3.05) is 5.32 Å². The molecule has 0 aliphatic heterocycles. The van der Waals surface area contributed by atoms with Crippen molar-refractivity contribution in [3.05, 3.63) is 11.8 Å². The summed E-state index contributed by atoms with van der Waals surface area (Å²) >= 11 is 0. The number of nitrogens with one attached hydrogen (secondary N) is 2. The van der Waals surface area contributed by atoms with Crippen LogP contribution in [-0.2, 0) is 9.59 Å². The second kappa shape index (κ2) is 6.74. The molecule has 1 heterocycles. The monoisotopic (exact) mass is 295 g/mol. The largest absolute Gasteiger partial charge is 0.360 e. The van der Waals surface area contributed by atoms with E-state index in [2.05, 4.69) is 15.8 Å². The Morgan fingerprint density at radius 2 is 2.00 bits per heavy atom. The molecule has 1 unspecified atom stereocenters. The maximum Gasteiger partial charge on any atom is 0.248 e. The van der Waals surface area contributed by atoms with Gasteiger partial charge in [-0.15, -0.1) is 0 Å². The number of amides is 2. The van der Waals surface area contributed by atoms with E-state index < -0.39 is 11.5 Å². The first kappa shape index (κ1) is 17.2. The summed E-state index contributed by atoms with van der Waals surface area (Å²) < 4.78 is 4.92. The van der Waals surface area contributed by atoms with E-state index in [4.69, 9.17) is 4.52 Å². The van der Waals surface area contributed by atoms with Gasteiger partial charge in [-0.2, -0.15) is 0 Å². The average Bonchev–Trinajstić information content (AvgIpc) is 2.78. The molecule has 1 aromatic rings. The van der Waals surface area contributed by atoms with E-state index in [0.717, 1.165) is 6.42 Å². The zero-order valence-corrected chi connectivity index (χ0v) is 13.6. The Morgan fingerprint density at radius 1 is 1.38 bits per heavy atom. The summed E-state index contributed by atoms with van der Waals surface area (Å²) in [6.45, 7) is 11.1. The minimum Gasteiger partial charge on any atom is -0.360 e. The number of carbonyl (C=O) groups excluding carboxylic acids is 2. The minimum absolute atomic E-state index is 0.0179. The molecule has 0 aliphatic carbocycles. The van der Waals surface area contributed by atoms with Crippen LogP contribution in [0.5, 0.6) is 0 Å². The summed E-state index contributed by atoms with van der Waals surface area (Å²) in [4.78, 5) is 24.5. The SMILES string of the molecule is CCC(C)[C@H](NC(=O)C(C)(C)C)C(=O)Nc1cc(C)on1. The number of carbonyl (C=O) groups is 2. The molecule has 6 heteroatoms. The zero-order valence-electron chi connectivity index (χ0n) is 13.6. The highest BCUT2D eigenvalue weighted by Crippen LogP contribution is 2.17. The van der Waals surface area contributed by atoms with Crippen LogP contribution in [0.1, 0.15) is 46.8 Å². The number of nitrogens with zero attached hydrogens (tertiary/aromatic N) is 1. The van der Waals surface area contributed by atoms with Crippen LogP contribution in [0.15, 0.2) is 10.6 Å². The third kappa shape index (κ3) is 4.88. The van der Waals surface area contributed by atoms with Crippen LogP contribution in [0.2, 0.25) is 0 Å². The zero-order chi connectivity index (χ0) is 16.2. The fourth-order valence-corrected chi connectivity index (χ4v) is 1.69. The van der Waals surface area contributed by atoms with Crippen LogP contribution in [-0.4, -0.2) is 23.0 Å². The van der Waals surface area contributed by atoms with Gasteiger partial charge in [0, 0.05) is 11.5 Å². The van der Waals surface area contributed by atoms with Crippen molar-refractivity contribution in [2.45, 2.75) is 54.0 Å². The van der Waals surface area contributed by atoms with Crippen molar-refractivity contribution in [3.63, 3.8) is 0 Å². The van der Waals surface area contributed by atoms with Gasteiger partial charge in [0.15, 0.2) is 5.82 Å². The second-order valence-corrected chi connectivity index (χ2v) is 6.40. The summed E-state index contributed by atoms with van der Waals surface area (Å²) in [5.74, 6) is 0.554. The van der Waals surface area contributed by atoms with E-state index in [9.17, 15) is 9.59 Å². The minimum atomic E-state index is -0.598. The standard InChI is InChI=1S/C15H25N3O3/c1-7-9(2)12(17-14(20)15(4,5)6)13(19)16-11-8-10(3)21-18-11/h8-9,12H,7H2,1-6H3,(H,17,20)(H,16,18,19)/t9?,12-/m0/s1. The molecule has 0 spiro atoms. The van der Waals surface area contributed by atoms with Gasteiger partial charge in [0.25, 0.3) is 0 Å². The number of hydrogen-bond donors (Lipinski definition) is 2. The van der Waals surface area contributed by atoms with Crippen molar-refractivity contribution < 1.29 is 14.1 Å². The average molecular weight is 295 g/mol. The molecule has 1 aromatic heterocycles. The molecule has 118 valence electrons. The van der Waals surface area contributed by atoms with Crippen molar-refractivity contribution in [1.29, 1.82) is 0 Å². The van der Waals surface area contributed by atoms with E-state index in [1.54, 1.807) is 13.0 Å². The van der Waals surface area contributed by atoms with E-state index in [1.165, 1.54) is 0 Å². The van der Waals surface area contributed by atoms with E-state index in [0.29, 0.717) is 11.6 Å². The summed E-state index contributed by atoms with van der Waals surface area (Å²) in [6, 6.07) is 1.04. The Labute approximate surface area is 125 Å². The highest BCUT2D eigenvalue weighted by atomic mass is 16.5. The molecule has 0 aromatic carbocycles. The molecule has 21 heavy (non-hydrogen) atoms. The molecule has 0 fully saturated rings. The Balaban J connectivity index is 2.82. The first-order chi connectivity index (χ1) is 9.65. The van der Waals surface area contributed by atoms with Crippen LogP contribution in [0.3, 0.4) is 0 Å². The van der Waals surface area contributed by atoms with Crippen molar-refractivity contribution >= 4 is 17.6 Å². The van der Waals surface area contributed by atoms with Crippen LogP contribution in [0.4, 0.5) is 5.82 Å². The van der Waals surface area contributed by atoms with Gasteiger partial charge in [-0.25, -0.2) is 0 Å². The van der Waals surface area contributed by atoms with E-state index in [-0.39, 0.29) is 17.7 Å². The summed E-state index contributed by atoms with van der Waals surface area (Å²) in [7, 11) is 0. The number of rotatable bonds is 5. The fourth-order valence-electron chi connectivity index (χ4n) is 1.69. The van der Waals surface area contributed by atoms with Gasteiger partial charge in [-0.05, 0) is 12.8 Å². The van der Waals surface area contributed by atoms with Crippen molar-refractivity contribution in [2.24, 2.45) is 11.3 Å². The van der Waals surface area contributed by atoms with Gasteiger partial charge < -0.3 is 15.2 Å². The molecule has 0 radical (unpaired) electrons. The van der Waals surface area contributed by atoms with Gasteiger partial charge in [0.2, 0.25) is 11.8 Å². The normalized spacial score (nSPS) is 14.4. The Hall–Kier alpha value is -1.85. The number of aryl methyl sites for hydroxylation is 1. The Morgan fingerprint density at radius 3 is 2.43 bits per heavy atom. The topological polar surface area (TPSA) is 84.2 Å². The molecule has 2 N–H and O–H groups in total. The highest BCUT2D eigenvalue weighted by molar-refractivity contribution is 5.97. The third-order valence-electron chi connectivity index (χ3n) is 3.34. The quantitative estimate of drug-likeness (QED) is 0.874. The van der Waals surface area contributed by atoms with Crippen LogP contribution >= 0.6 is 0 Å². The molecular formula is C15H25N3O3. The van der Waals surface area contributed by atoms with Gasteiger partial charge in [0.1, 0.15) is 11.8 Å². The fraction of sp³-hybridized carbons (Fsp3) is 0.667. The highest BCUT2D eigenvalue weighted by Gasteiger charge is 2.30. The van der Waals surface area contributed by atoms with Crippen molar-refractivity contribution in [1.82, 2.24) is 10.5 Å². The molecule has 0 aliphatic rings. The van der Waals surface area contributed by atoms with Crippen LogP contribution < -0.4 is 10.6 Å². The number of hydrogen-bond acceptors (Lipinski definition) is 4. The first-order valence-corrected chi connectivity index (χ1v) is 7.20. The van der Waals surface area contributed by atoms with Crippen molar-refractivity contribution in [3.8, 4) is 0 Å². The Kier molecular flexibility index (Phi) is 5.52. The summed E-state index contributed by atoms with van der Waals surface area (Å²) in [6.07, 6.45) is 0.778. The van der Waals surface area contributed by atoms with Crippen LogP contribution in [0, 0.1) is 18.3 Å².